The Morgan fingerprint density at radius 2 is 1.97 bits per heavy atom. The van der Waals surface area contributed by atoms with Crippen LogP contribution >= 0.6 is 7.60 Å². The highest BCUT2D eigenvalue weighted by atomic mass is 31.2. The molecule has 2 aromatic heterocycles. The number of aliphatic hydroxyl groups excluding tert-OH is 2. The Labute approximate surface area is 201 Å². The van der Waals surface area contributed by atoms with Crippen molar-refractivity contribution in [3.05, 3.63) is 18.1 Å². The third-order valence-electron chi connectivity index (χ3n) is 6.80. The van der Waals surface area contributed by atoms with Crippen molar-refractivity contribution in [1.29, 1.82) is 0 Å². The summed E-state index contributed by atoms with van der Waals surface area (Å²) in [4.78, 5) is 28.3. The van der Waals surface area contributed by atoms with Gasteiger partial charge in [0.1, 0.15) is 35.4 Å². The molecule has 3 aliphatic rings. The lowest BCUT2D eigenvalue weighted by atomic mass is 10.1. The second-order valence-electron chi connectivity index (χ2n) is 9.45. The topological polar surface area (TPSA) is 179 Å². The number of methoxy groups -OCH3 is 1. The Balaban J connectivity index is 1.53. The minimum absolute atomic E-state index is 0.174. The summed E-state index contributed by atoms with van der Waals surface area (Å²) in [6, 6.07) is 1.99. The Bertz CT molecular complexity index is 1210. The lowest BCUT2D eigenvalue weighted by Crippen LogP contribution is -2.39. The summed E-state index contributed by atoms with van der Waals surface area (Å²) < 4.78 is 24.0. The summed E-state index contributed by atoms with van der Waals surface area (Å²) in [5.74, 6) is 4.61. The molecule has 1 aliphatic heterocycles. The largest absolute Gasteiger partial charge is 0.387 e. The van der Waals surface area contributed by atoms with Gasteiger partial charge in [-0.2, -0.15) is 0 Å². The molecule has 190 valence electrons. The molecular weight excluding hydrogens is 479 g/mol. The number of nitrogens with zero attached hydrogens (tertiary/aromatic N) is 3. The van der Waals surface area contributed by atoms with Gasteiger partial charge < -0.3 is 44.5 Å². The van der Waals surface area contributed by atoms with Gasteiger partial charge in [0.2, 0.25) is 5.82 Å². The molecule has 0 amide bonds. The molecule has 6 N–H and O–H groups in total. The van der Waals surface area contributed by atoms with E-state index in [1.54, 1.807) is 12.3 Å². The maximum Gasteiger partial charge on any atom is 0.356 e. The van der Waals surface area contributed by atoms with Gasteiger partial charge in [-0.1, -0.05) is 18.8 Å². The highest BCUT2D eigenvalue weighted by Gasteiger charge is 2.52. The molecule has 2 aromatic rings. The lowest BCUT2D eigenvalue weighted by molar-refractivity contribution is -0.0759. The molecule has 1 unspecified atom stereocenters. The first kappa shape index (κ1) is 24.6. The molecular formula is C22H29N4O8P. The van der Waals surface area contributed by atoms with E-state index in [-0.39, 0.29) is 11.9 Å². The number of fused-ring (bicyclic) bond motifs is 1. The minimum Gasteiger partial charge on any atom is -0.387 e. The molecule has 0 radical (unpaired) electrons. The van der Waals surface area contributed by atoms with E-state index in [2.05, 4.69) is 27.1 Å². The Morgan fingerprint density at radius 3 is 2.60 bits per heavy atom. The van der Waals surface area contributed by atoms with Gasteiger partial charge in [-0.25, -0.2) is 9.97 Å². The summed E-state index contributed by atoms with van der Waals surface area (Å²) in [5, 5.41) is 35.5. The molecule has 12 nitrogen and oxygen atoms in total. The molecule has 5 rings (SSSR count). The number of nitrogens with one attached hydrogen (secondary N) is 1. The van der Waals surface area contributed by atoms with E-state index in [4.69, 9.17) is 9.47 Å². The minimum atomic E-state index is -4.80. The van der Waals surface area contributed by atoms with Crippen molar-refractivity contribution < 1.29 is 39.1 Å². The van der Waals surface area contributed by atoms with Gasteiger partial charge >= 0.3 is 7.60 Å². The van der Waals surface area contributed by atoms with Gasteiger partial charge in [-0.15, -0.1) is 0 Å². The molecule has 5 atom stereocenters. The summed E-state index contributed by atoms with van der Waals surface area (Å²) in [5.41, 5.74) is -0.659. The van der Waals surface area contributed by atoms with Crippen LogP contribution in [-0.4, -0.2) is 82.6 Å². The second-order valence-corrected chi connectivity index (χ2v) is 11.1. The van der Waals surface area contributed by atoms with Gasteiger partial charge in [0, 0.05) is 19.3 Å². The Kier molecular flexibility index (Phi) is 6.40. The summed E-state index contributed by atoms with van der Waals surface area (Å²) in [6.45, 7) is 0. The number of hydrogen-bond acceptors (Lipinski definition) is 9. The maximum absolute atomic E-state index is 11.8. The molecule has 0 bridgehead atoms. The zero-order valence-electron chi connectivity index (χ0n) is 19.1. The average Bonchev–Trinajstić information content (AvgIpc) is 3.13. The van der Waals surface area contributed by atoms with Gasteiger partial charge in [-0.05, 0) is 37.7 Å². The molecule has 1 saturated heterocycles. The van der Waals surface area contributed by atoms with Crippen LogP contribution in [0.15, 0.2) is 12.3 Å². The first-order valence-corrected chi connectivity index (χ1v) is 13.3. The molecule has 35 heavy (non-hydrogen) atoms. The normalized spacial score (nSPS) is 29.2. The van der Waals surface area contributed by atoms with Crippen molar-refractivity contribution in [3.8, 4) is 11.8 Å². The quantitative estimate of drug-likeness (QED) is 0.235. The number of anilines is 1. The standard InChI is InChI=1S/C22H29N4O8P/c1-33-21(35(30,31)32)17-15(27)16(28)20(34-17)26-11-7-13-18(23-12-4-2-3-5-12)24-14(25-19(13)26)6-8-22(29)9-10-22/h7,11-12,15-17,20-21,27-29H,2-5,9-10H2,1H3,(H,23,24,25)(H2,30,31,32)/t15-,16+,17+,20+,21?/m0/s1. The van der Waals surface area contributed by atoms with Gasteiger partial charge in [-0.3, -0.25) is 4.57 Å². The Morgan fingerprint density at radius 1 is 1.26 bits per heavy atom. The SMILES string of the molecule is COC([C@@H]1O[C@@H](n2ccc3c(NC4CCCC4)nc(C#CC4(O)CC4)nc32)[C@H](O)[C@@H]1O)P(=O)(O)O. The van der Waals surface area contributed by atoms with Crippen LogP contribution in [0, 0.1) is 11.8 Å². The van der Waals surface area contributed by atoms with Crippen molar-refractivity contribution in [1.82, 2.24) is 14.5 Å². The van der Waals surface area contributed by atoms with Crippen LogP contribution in [0.2, 0.25) is 0 Å². The first-order chi connectivity index (χ1) is 16.6. The van der Waals surface area contributed by atoms with E-state index in [1.807, 2.05) is 0 Å². The van der Waals surface area contributed by atoms with Crippen molar-refractivity contribution in [2.75, 3.05) is 12.4 Å². The molecule has 3 fully saturated rings. The van der Waals surface area contributed by atoms with E-state index in [0.717, 1.165) is 32.8 Å². The van der Waals surface area contributed by atoms with Gasteiger partial charge in [0.15, 0.2) is 12.1 Å². The predicted molar refractivity (Wildman–Crippen MR) is 123 cm³/mol. The van der Waals surface area contributed by atoms with E-state index >= 15 is 0 Å². The van der Waals surface area contributed by atoms with Gasteiger partial charge in [0.25, 0.3) is 0 Å². The van der Waals surface area contributed by atoms with E-state index in [1.165, 1.54) is 4.57 Å². The van der Waals surface area contributed by atoms with Crippen LogP contribution in [0.5, 0.6) is 0 Å². The van der Waals surface area contributed by atoms with E-state index in [0.29, 0.717) is 29.7 Å². The third kappa shape index (κ3) is 4.83. The van der Waals surface area contributed by atoms with Crippen LogP contribution in [0.3, 0.4) is 0 Å². The molecule has 3 heterocycles. The zero-order valence-corrected chi connectivity index (χ0v) is 20.0. The number of ether oxygens (including phenoxy) is 2. The number of aliphatic hydroxyl groups is 3. The summed E-state index contributed by atoms with van der Waals surface area (Å²) in [7, 11) is -3.70. The van der Waals surface area contributed by atoms with Crippen molar-refractivity contribution in [2.45, 2.75) is 80.6 Å². The predicted octanol–water partition coefficient (Wildman–Crippen LogP) is 0.432. The fraction of sp³-hybridized carbons (Fsp3) is 0.636. The maximum atomic E-state index is 11.8. The van der Waals surface area contributed by atoms with E-state index in [9.17, 15) is 29.7 Å². The molecule has 0 aromatic carbocycles. The fourth-order valence-corrected chi connectivity index (χ4v) is 5.60. The molecule has 2 aliphatic carbocycles. The Hall–Kier alpha value is -2.07. The summed E-state index contributed by atoms with van der Waals surface area (Å²) >= 11 is 0. The molecule has 13 heteroatoms. The molecule has 2 saturated carbocycles. The highest BCUT2D eigenvalue weighted by molar-refractivity contribution is 7.52. The summed E-state index contributed by atoms with van der Waals surface area (Å²) in [6.07, 6.45) is 1.24. The van der Waals surface area contributed by atoms with Crippen molar-refractivity contribution >= 4 is 24.4 Å². The lowest BCUT2D eigenvalue weighted by Gasteiger charge is -2.24. The zero-order chi connectivity index (χ0) is 25.0. The number of rotatable bonds is 6. The van der Waals surface area contributed by atoms with Crippen LogP contribution in [0.1, 0.15) is 50.6 Å². The molecule has 0 spiro atoms. The second kappa shape index (κ2) is 9.10. The van der Waals surface area contributed by atoms with Crippen LogP contribution < -0.4 is 5.32 Å². The van der Waals surface area contributed by atoms with Crippen LogP contribution in [-0.2, 0) is 14.0 Å². The number of aromatic nitrogens is 3. The van der Waals surface area contributed by atoms with E-state index < -0.39 is 43.6 Å². The number of hydrogen-bond donors (Lipinski definition) is 6. The van der Waals surface area contributed by atoms with Crippen molar-refractivity contribution in [2.24, 2.45) is 0 Å². The fourth-order valence-electron chi connectivity index (χ4n) is 4.70. The van der Waals surface area contributed by atoms with Crippen LogP contribution in [0.4, 0.5) is 5.82 Å². The van der Waals surface area contributed by atoms with Gasteiger partial charge in [0.05, 0.1) is 5.39 Å². The monoisotopic (exact) mass is 508 g/mol. The van der Waals surface area contributed by atoms with Crippen molar-refractivity contribution in [3.63, 3.8) is 0 Å². The average molecular weight is 508 g/mol. The first-order valence-electron chi connectivity index (χ1n) is 11.6. The van der Waals surface area contributed by atoms with Crippen LogP contribution in [0.25, 0.3) is 11.0 Å². The third-order valence-corrected chi connectivity index (χ3v) is 7.97. The highest BCUT2D eigenvalue weighted by Crippen LogP contribution is 2.48. The smallest absolute Gasteiger partial charge is 0.356 e.